The number of fused-ring (bicyclic) bond motifs is 1. The predicted molar refractivity (Wildman–Crippen MR) is 122 cm³/mol. The molecule has 0 unspecified atom stereocenters. The number of hydrogen-bond donors (Lipinski definition) is 2. The van der Waals surface area contributed by atoms with Crippen molar-refractivity contribution < 1.29 is 9.18 Å². The number of anilines is 3. The Balaban J connectivity index is 1.27. The number of carbonyl (C=O) groups is 1. The van der Waals surface area contributed by atoms with Crippen molar-refractivity contribution in [1.82, 2.24) is 19.8 Å². The Kier molecular flexibility index (Phi) is 5.78. The van der Waals surface area contributed by atoms with Gasteiger partial charge in [-0.3, -0.25) is 9.69 Å². The molecule has 1 aromatic carbocycles. The molecule has 1 saturated carbocycles. The fourth-order valence-electron chi connectivity index (χ4n) is 4.68. The molecule has 0 bridgehead atoms. The van der Waals surface area contributed by atoms with Crippen LogP contribution in [0.15, 0.2) is 37.1 Å². The van der Waals surface area contributed by atoms with E-state index in [-0.39, 0.29) is 17.8 Å². The highest BCUT2D eigenvalue weighted by Crippen LogP contribution is 2.32. The molecule has 7 nitrogen and oxygen atoms in total. The summed E-state index contributed by atoms with van der Waals surface area (Å²) in [7, 11) is 0. The van der Waals surface area contributed by atoms with Crippen molar-refractivity contribution in [3.63, 3.8) is 0 Å². The Morgan fingerprint density at radius 3 is 2.91 bits per heavy atom. The summed E-state index contributed by atoms with van der Waals surface area (Å²) < 4.78 is 14.4. The SMILES string of the molecule is C=CC(=O)N1CCC[C@@H](Nc2nc(Nc3ccc4c(c3)CN(C3CC3)CC4)ncc2F)C1. The van der Waals surface area contributed by atoms with E-state index in [0.29, 0.717) is 19.0 Å². The topological polar surface area (TPSA) is 73.4 Å². The number of aromatic nitrogens is 2. The third-order valence-electron chi connectivity index (χ3n) is 6.56. The van der Waals surface area contributed by atoms with Crippen LogP contribution in [-0.4, -0.2) is 57.4 Å². The van der Waals surface area contributed by atoms with Gasteiger partial charge in [0.1, 0.15) is 0 Å². The first kappa shape index (κ1) is 20.9. The quantitative estimate of drug-likeness (QED) is 0.676. The van der Waals surface area contributed by atoms with Crippen LogP contribution < -0.4 is 10.6 Å². The van der Waals surface area contributed by atoms with Crippen LogP contribution in [0.3, 0.4) is 0 Å². The lowest BCUT2D eigenvalue weighted by Crippen LogP contribution is -2.44. The highest BCUT2D eigenvalue weighted by Gasteiger charge is 2.31. The van der Waals surface area contributed by atoms with Crippen LogP contribution in [0.4, 0.5) is 21.8 Å². The maximum absolute atomic E-state index is 14.4. The standard InChI is InChI=1S/C24H29FN6O/c1-2-22(32)31-10-3-4-19(15-31)27-23-21(25)13-26-24(29-23)28-18-6-5-16-9-11-30(20-7-8-20)14-17(16)12-18/h2,5-6,12-13,19-20H,1,3-4,7-11,14-15H2,(H2,26,27,28,29)/t19-/m1/s1. The molecular weight excluding hydrogens is 407 g/mol. The van der Waals surface area contributed by atoms with Gasteiger partial charge < -0.3 is 15.5 Å². The Labute approximate surface area is 187 Å². The summed E-state index contributed by atoms with van der Waals surface area (Å²) in [6.07, 6.45) is 7.90. The number of hydrogen-bond acceptors (Lipinski definition) is 6. The number of piperidine rings is 1. The molecule has 2 N–H and O–H groups in total. The second-order valence-electron chi connectivity index (χ2n) is 8.92. The van der Waals surface area contributed by atoms with Gasteiger partial charge in [0.15, 0.2) is 11.6 Å². The summed E-state index contributed by atoms with van der Waals surface area (Å²) >= 11 is 0. The minimum atomic E-state index is -0.506. The van der Waals surface area contributed by atoms with Gasteiger partial charge in [-0.1, -0.05) is 12.6 Å². The molecule has 32 heavy (non-hydrogen) atoms. The van der Waals surface area contributed by atoms with Crippen LogP contribution in [0.1, 0.15) is 36.8 Å². The molecule has 2 aliphatic heterocycles. The number of benzene rings is 1. The van der Waals surface area contributed by atoms with Crippen LogP contribution in [0, 0.1) is 5.82 Å². The van der Waals surface area contributed by atoms with E-state index in [1.54, 1.807) is 4.90 Å². The van der Waals surface area contributed by atoms with E-state index in [2.05, 4.69) is 44.2 Å². The summed E-state index contributed by atoms with van der Waals surface area (Å²) in [5.74, 6) is -0.111. The Morgan fingerprint density at radius 1 is 1.22 bits per heavy atom. The van der Waals surface area contributed by atoms with Gasteiger partial charge in [0.05, 0.1) is 6.20 Å². The molecule has 1 aromatic heterocycles. The maximum Gasteiger partial charge on any atom is 0.246 e. The Morgan fingerprint density at radius 2 is 2.09 bits per heavy atom. The largest absolute Gasteiger partial charge is 0.363 e. The molecule has 0 radical (unpaired) electrons. The fourth-order valence-corrected chi connectivity index (χ4v) is 4.68. The molecule has 1 amide bonds. The van der Waals surface area contributed by atoms with Crippen molar-refractivity contribution in [3.8, 4) is 0 Å². The van der Waals surface area contributed by atoms with E-state index >= 15 is 0 Å². The lowest BCUT2D eigenvalue weighted by molar-refractivity contribution is -0.127. The van der Waals surface area contributed by atoms with Crippen LogP contribution in [0.25, 0.3) is 0 Å². The second kappa shape index (κ2) is 8.86. The molecule has 1 aliphatic carbocycles. The Bertz CT molecular complexity index is 1020. The third kappa shape index (κ3) is 4.60. The molecule has 1 atom stereocenters. The van der Waals surface area contributed by atoms with E-state index in [0.717, 1.165) is 44.1 Å². The van der Waals surface area contributed by atoms with Crippen molar-refractivity contribution in [2.45, 2.75) is 50.7 Å². The van der Waals surface area contributed by atoms with Crippen LogP contribution in [0.2, 0.25) is 0 Å². The van der Waals surface area contributed by atoms with Gasteiger partial charge >= 0.3 is 0 Å². The van der Waals surface area contributed by atoms with Gasteiger partial charge in [-0.05, 0) is 61.4 Å². The number of amides is 1. The average molecular weight is 437 g/mol. The maximum atomic E-state index is 14.4. The highest BCUT2D eigenvalue weighted by atomic mass is 19.1. The van der Waals surface area contributed by atoms with Gasteiger partial charge in [-0.15, -0.1) is 0 Å². The number of likely N-dealkylation sites (tertiary alicyclic amines) is 1. The monoisotopic (exact) mass is 436 g/mol. The predicted octanol–water partition coefficient (Wildman–Crippen LogP) is 3.47. The molecule has 2 aromatic rings. The summed E-state index contributed by atoms with van der Waals surface area (Å²) in [6.45, 7) is 6.86. The lowest BCUT2D eigenvalue weighted by Gasteiger charge is -2.32. The van der Waals surface area contributed by atoms with Crippen LogP contribution in [0.5, 0.6) is 0 Å². The van der Waals surface area contributed by atoms with E-state index in [4.69, 9.17) is 0 Å². The van der Waals surface area contributed by atoms with Crippen LogP contribution in [-0.2, 0) is 17.8 Å². The lowest BCUT2D eigenvalue weighted by atomic mass is 9.99. The fraction of sp³-hybridized carbons (Fsp3) is 0.458. The minimum absolute atomic E-state index is 0.0675. The molecule has 2 fully saturated rings. The number of carbonyl (C=O) groups excluding carboxylic acids is 1. The Hall–Kier alpha value is -3.00. The zero-order valence-electron chi connectivity index (χ0n) is 18.2. The second-order valence-corrected chi connectivity index (χ2v) is 8.92. The molecule has 3 aliphatic rings. The van der Waals surface area contributed by atoms with Crippen LogP contribution >= 0.6 is 0 Å². The average Bonchev–Trinajstić information content (AvgIpc) is 3.66. The van der Waals surface area contributed by atoms with Gasteiger partial charge in [0.2, 0.25) is 11.9 Å². The zero-order chi connectivity index (χ0) is 22.1. The molecule has 8 heteroatoms. The first-order valence-electron chi connectivity index (χ1n) is 11.4. The van der Waals surface area contributed by atoms with Crippen molar-refractivity contribution >= 4 is 23.4 Å². The van der Waals surface area contributed by atoms with E-state index < -0.39 is 5.82 Å². The first-order chi connectivity index (χ1) is 15.6. The van der Waals surface area contributed by atoms with Crippen molar-refractivity contribution in [1.29, 1.82) is 0 Å². The molecule has 168 valence electrons. The number of nitrogens with zero attached hydrogens (tertiary/aromatic N) is 4. The third-order valence-corrected chi connectivity index (χ3v) is 6.56. The van der Waals surface area contributed by atoms with Gasteiger partial charge in [-0.2, -0.15) is 4.98 Å². The van der Waals surface area contributed by atoms with Crippen molar-refractivity contribution in [3.05, 3.63) is 54.0 Å². The zero-order valence-corrected chi connectivity index (χ0v) is 18.2. The highest BCUT2D eigenvalue weighted by molar-refractivity contribution is 5.87. The number of rotatable bonds is 6. The van der Waals surface area contributed by atoms with Gasteiger partial charge in [0.25, 0.3) is 0 Å². The number of nitrogens with one attached hydrogen (secondary N) is 2. The summed E-state index contributed by atoms with van der Waals surface area (Å²) in [5, 5.41) is 6.39. The summed E-state index contributed by atoms with van der Waals surface area (Å²) in [6, 6.07) is 7.04. The number of halogens is 1. The molecule has 5 rings (SSSR count). The van der Waals surface area contributed by atoms with E-state index in [9.17, 15) is 9.18 Å². The smallest absolute Gasteiger partial charge is 0.246 e. The molecular formula is C24H29FN6O. The van der Waals surface area contributed by atoms with Gasteiger partial charge in [-0.25, -0.2) is 9.37 Å². The molecule has 1 saturated heterocycles. The minimum Gasteiger partial charge on any atom is -0.363 e. The van der Waals surface area contributed by atoms with Gasteiger partial charge in [0, 0.05) is 44.0 Å². The summed E-state index contributed by atoms with van der Waals surface area (Å²) in [4.78, 5) is 24.7. The molecule has 0 spiro atoms. The molecule has 3 heterocycles. The summed E-state index contributed by atoms with van der Waals surface area (Å²) in [5.41, 5.74) is 3.63. The first-order valence-corrected chi connectivity index (χ1v) is 11.4. The normalized spacial score (nSPS) is 21.0. The van der Waals surface area contributed by atoms with Crippen molar-refractivity contribution in [2.75, 3.05) is 30.3 Å². The van der Waals surface area contributed by atoms with E-state index in [1.807, 2.05) is 6.07 Å². The van der Waals surface area contributed by atoms with Crippen molar-refractivity contribution in [2.24, 2.45) is 0 Å². The van der Waals surface area contributed by atoms with E-state index in [1.165, 1.54) is 36.2 Å².